The predicted octanol–water partition coefficient (Wildman–Crippen LogP) is 4.14. The number of amides is 1. The number of hydrogen-bond donors (Lipinski definition) is 4. The summed E-state index contributed by atoms with van der Waals surface area (Å²) in [5.74, 6) is -1.51. The molecule has 0 aliphatic carbocycles. The van der Waals surface area contributed by atoms with Crippen LogP contribution in [-0.4, -0.2) is 53.1 Å². The molecule has 0 aliphatic rings. The van der Waals surface area contributed by atoms with Crippen molar-refractivity contribution in [2.75, 3.05) is 5.75 Å². The second kappa shape index (κ2) is 18.6. The van der Waals surface area contributed by atoms with E-state index in [4.69, 9.17) is 0 Å². The molecule has 0 fully saturated rings. The second-order valence-corrected chi connectivity index (χ2v) is 9.90. The van der Waals surface area contributed by atoms with Gasteiger partial charge < -0.3 is 15.5 Å². The molecule has 4 N–H and O–H groups in total. The lowest BCUT2D eigenvalue weighted by Crippen LogP contribution is -2.50. The maximum absolute atomic E-state index is 12.3. The van der Waals surface area contributed by atoms with E-state index in [9.17, 15) is 28.0 Å². The van der Waals surface area contributed by atoms with Crippen LogP contribution in [0.5, 0.6) is 0 Å². The number of carbonyl (C=O) groups excluding carboxylic acids is 1. The van der Waals surface area contributed by atoms with Crippen molar-refractivity contribution in [2.45, 2.75) is 122 Å². The molecule has 0 heterocycles. The van der Waals surface area contributed by atoms with E-state index in [0.29, 0.717) is 19.3 Å². The maximum atomic E-state index is 12.3. The zero-order valence-corrected chi connectivity index (χ0v) is 20.3. The normalized spacial score (nSPS) is 15.1. The molecule has 0 bridgehead atoms. The van der Waals surface area contributed by atoms with Gasteiger partial charge in [0, 0.05) is 0 Å². The lowest BCUT2D eigenvalue weighted by molar-refractivity contribution is -0.131. The van der Waals surface area contributed by atoms with Crippen molar-refractivity contribution < 1.29 is 28.0 Å². The van der Waals surface area contributed by atoms with Gasteiger partial charge >= 0.3 is 0 Å². The first-order chi connectivity index (χ1) is 14.7. The summed E-state index contributed by atoms with van der Waals surface area (Å²) in [6.45, 7) is 4.29. The minimum Gasteiger partial charge on any atom is -0.391 e. The number of allylic oxidation sites excluding steroid dienone is 2. The second-order valence-electron chi connectivity index (χ2n) is 8.40. The van der Waals surface area contributed by atoms with Gasteiger partial charge in [-0.05, 0) is 32.1 Å². The third-order valence-corrected chi connectivity index (χ3v) is 6.12. The molecule has 7 nitrogen and oxygen atoms in total. The number of rotatable bonds is 20. The molecule has 0 aromatic heterocycles. The fraction of sp³-hybridized carbons (Fsp3) is 0.870. The average molecular weight is 464 g/mol. The lowest BCUT2D eigenvalue weighted by atomic mass is 10.0. The zero-order chi connectivity index (χ0) is 23.5. The van der Waals surface area contributed by atoms with E-state index in [-0.39, 0.29) is 6.42 Å². The molecule has 31 heavy (non-hydrogen) atoms. The number of aliphatic hydroxyl groups is 2. The van der Waals surface area contributed by atoms with E-state index >= 15 is 0 Å². The first-order valence-corrected chi connectivity index (χ1v) is 13.6. The highest BCUT2D eigenvalue weighted by molar-refractivity contribution is 7.85. The van der Waals surface area contributed by atoms with Crippen LogP contribution in [0, 0.1) is 0 Å². The van der Waals surface area contributed by atoms with Gasteiger partial charge in [-0.2, -0.15) is 8.42 Å². The van der Waals surface area contributed by atoms with Gasteiger partial charge in [0.05, 0.1) is 17.9 Å². The van der Waals surface area contributed by atoms with Crippen molar-refractivity contribution >= 4 is 16.0 Å². The Labute approximate surface area is 189 Å². The number of hydrogen-bond acceptors (Lipinski definition) is 5. The van der Waals surface area contributed by atoms with Crippen molar-refractivity contribution in [2.24, 2.45) is 0 Å². The summed E-state index contributed by atoms with van der Waals surface area (Å²) in [4.78, 5) is 12.3. The van der Waals surface area contributed by atoms with Crippen LogP contribution in [0.4, 0.5) is 0 Å². The minimum atomic E-state index is -4.38. The maximum Gasteiger partial charge on any atom is 0.266 e. The van der Waals surface area contributed by atoms with Gasteiger partial charge in [-0.15, -0.1) is 0 Å². The Morgan fingerprint density at radius 2 is 1.39 bits per heavy atom. The first kappa shape index (κ1) is 30.0. The van der Waals surface area contributed by atoms with Crippen LogP contribution in [-0.2, 0) is 14.9 Å². The largest absolute Gasteiger partial charge is 0.391 e. The van der Waals surface area contributed by atoms with Gasteiger partial charge in [-0.25, -0.2) is 0 Å². The van der Waals surface area contributed by atoms with Crippen LogP contribution in [0.25, 0.3) is 0 Å². The van der Waals surface area contributed by atoms with Crippen LogP contribution in [0.1, 0.15) is 104 Å². The molecule has 8 heteroatoms. The van der Waals surface area contributed by atoms with Crippen molar-refractivity contribution in [3.63, 3.8) is 0 Å². The van der Waals surface area contributed by atoms with E-state index in [1.165, 1.54) is 19.3 Å². The molecular formula is C23H45NO6S. The van der Waals surface area contributed by atoms with Crippen LogP contribution in [0.15, 0.2) is 12.2 Å². The topological polar surface area (TPSA) is 124 Å². The molecule has 0 saturated carbocycles. The van der Waals surface area contributed by atoms with E-state index in [2.05, 4.69) is 19.2 Å². The summed E-state index contributed by atoms with van der Waals surface area (Å²) in [6, 6.07) is -1.15. The summed E-state index contributed by atoms with van der Waals surface area (Å²) >= 11 is 0. The number of nitrogens with one attached hydrogen (secondary N) is 1. The van der Waals surface area contributed by atoms with Crippen LogP contribution in [0.3, 0.4) is 0 Å². The molecule has 0 saturated heterocycles. The summed E-state index contributed by atoms with van der Waals surface area (Å²) in [7, 11) is -4.38. The molecule has 3 atom stereocenters. The van der Waals surface area contributed by atoms with Crippen LogP contribution >= 0.6 is 0 Å². The third kappa shape index (κ3) is 18.3. The van der Waals surface area contributed by atoms with E-state index < -0.39 is 40.0 Å². The molecule has 0 aromatic carbocycles. The van der Waals surface area contributed by atoms with E-state index in [0.717, 1.165) is 44.9 Å². The summed E-state index contributed by atoms with van der Waals surface area (Å²) in [5, 5.41) is 22.8. The van der Waals surface area contributed by atoms with E-state index in [1.807, 2.05) is 12.2 Å². The Morgan fingerprint density at radius 3 is 2.00 bits per heavy atom. The molecular weight excluding hydrogens is 418 g/mol. The fourth-order valence-corrected chi connectivity index (χ4v) is 4.16. The van der Waals surface area contributed by atoms with Crippen molar-refractivity contribution in [3.8, 4) is 0 Å². The Kier molecular flexibility index (Phi) is 18.0. The quantitative estimate of drug-likeness (QED) is 0.122. The molecule has 0 rings (SSSR count). The zero-order valence-electron chi connectivity index (χ0n) is 19.5. The molecule has 0 aliphatic heterocycles. The molecule has 0 aromatic rings. The number of carbonyl (C=O) groups is 1. The predicted molar refractivity (Wildman–Crippen MR) is 125 cm³/mol. The Morgan fingerprint density at radius 1 is 0.839 bits per heavy atom. The molecule has 1 amide bonds. The SMILES string of the molecule is CCCCCC/C=C\CCC(O)C(=O)NC(CS(=O)(=O)O)C(O)CCCCCCCC. The van der Waals surface area contributed by atoms with Gasteiger partial charge in [0.2, 0.25) is 5.91 Å². The van der Waals surface area contributed by atoms with Gasteiger partial charge in [0.15, 0.2) is 0 Å². The monoisotopic (exact) mass is 463 g/mol. The highest BCUT2D eigenvalue weighted by atomic mass is 32.2. The Hall–Kier alpha value is -0.960. The highest BCUT2D eigenvalue weighted by Crippen LogP contribution is 2.12. The molecule has 0 spiro atoms. The van der Waals surface area contributed by atoms with Crippen molar-refractivity contribution in [1.29, 1.82) is 0 Å². The van der Waals surface area contributed by atoms with Gasteiger partial charge in [-0.1, -0.05) is 83.8 Å². The smallest absolute Gasteiger partial charge is 0.266 e. The van der Waals surface area contributed by atoms with Crippen molar-refractivity contribution in [3.05, 3.63) is 12.2 Å². The summed E-state index contributed by atoms with van der Waals surface area (Å²) in [6.07, 6.45) is 14.4. The standard InChI is InChI=1S/C23H45NO6S/c1-3-5-7-9-11-12-14-16-18-22(26)23(27)24-20(19-31(28,29)30)21(25)17-15-13-10-8-6-4-2/h12,14,20-22,25-26H,3-11,13,15-19H2,1-2H3,(H,24,27)(H,28,29,30)/b14-12-. The summed E-state index contributed by atoms with van der Waals surface area (Å²) < 4.78 is 31.8. The Balaban J connectivity index is 4.43. The average Bonchev–Trinajstić information content (AvgIpc) is 2.70. The highest BCUT2D eigenvalue weighted by Gasteiger charge is 2.28. The van der Waals surface area contributed by atoms with Crippen LogP contribution in [0.2, 0.25) is 0 Å². The minimum absolute atomic E-state index is 0.212. The van der Waals surface area contributed by atoms with Gasteiger partial charge in [0.25, 0.3) is 10.1 Å². The van der Waals surface area contributed by atoms with Crippen molar-refractivity contribution in [1.82, 2.24) is 5.32 Å². The third-order valence-electron chi connectivity index (χ3n) is 5.34. The fourth-order valence-electron chi connectivity index (χ4n) is 3.40. The van der Waals surface area contributed by atoms with Gasteiger partial charge in [-0.3, -0.25) is 9.35 Å². The number of unbranched alkanes of at least 4 members (excludes halogenated alkanes) is 9. The molecule has 3 unspecified atom stereocenters. The lowest BCUT2D eigenvalue weighted by Gasteiger charge is -2.24. The van der Waals surface area contributed by atoms with Gasteiger partial charge in [0.1, 0.15) is 6.10 Å². The molecule has 184 valence electrons. The Bertz CT molecular complexity index is 579. The number of aliphatic hydroxyl groups excluding tert-OH is 2. The summed E-state index contributed by atoms with van der Waals surface area (Å²) in [5.41, 5.74) is 0. The first-order valence-electron chi connectivity index (χ1n) is 12.0. The van der Waals surface area contributed by atoms with Crippen LogP contribution < -0.4 is 5.32 Å². The van der Waals surface area contributed by atoms with E-state index in [1.54, 1.807) is 0 Å². The molecule has 0 radical (unpaired) electrons.